The third kappa shape index (κ3) is 2.78. The Labute approximate surface area is 105 Å². The topological polar surface area (TPSA) is 54.4 Å². The molecule has 0 saturated carbocycles. The van der Waals surface area contributed by atoms with Crippen LogP contribution in [0.5, 0.6) is 0 Å². The van der Waals surface area contributed by atoms with Gasteiger partial charge in [0, 0.05) is 5.75 Å². The summed E-state index contributed by atoms with van der Waals surface area (Å²) in [5.41, 5.74) is 0.265. The summed E-state index contributed by atoms with van der Waals surface area (Å²) in [6, 6.07) is 4.91. The second-order valence-corrected chi connectivity index (χ2v) is 7.51. The van der Waals surface area contributed by atoms with Gasteiger partial charge in [-0.3, -0.25) is 0 Å². The van der Waals surface area contributed by atoms with E-state index in [2.05, 4.69) is 0 Å². The van der Waals surface area contributed by atoms with Gasteiger partial charge in [-0.15, -0.1) is 0 Å². The first kappa shape index (κ1) is 14.4. The lowest BCUT2D eigenvalue weighted by atomic mass is 10.1. The second kappa shape index (κ2) is 4.92. The van der Waals surface area contributed by atoms with Gasteiger partial charge >= 0.3 is 0 Å². The molecule has 17 heavy (non-hydrogen) atoms. The van der Waals surface area contributed by atoms with Gasteiger partial charge < -0.3 is 5.11 Å². The number of hydrogen-bond donors (Lipinski definition) is 1. The molecule has 0 aliphatic heterocycles. The van der Waals surface area contributed by atoms with Crippen LogP contribution >= 0.6 is 11.6 Å². The van der Waals surface area contributed by atoms with E-state index in [0.29, 0.717) is 0 Å². The molecule has 6 heteroatoms. The highest BCUT2D eigenvalue weighted by molar-refractivity contribution is 7.94. The summed E-state index contributed by atoms with van der Waals surface area (Å²) in [6.45, 7) is 2.69. The van der Waals surface area contributed by atoms with Crippen molar-refractivity contribution in [1.82, 2.24) is 0 Å². The lowest BCUT2D eigenvalue weighted by Gasteiger charge is -2.27. The summed E-state index contributed by atoms with van der Waals surface area (Å²) in [7, 11) is -3.63. The van der Waals surface area contributed by atoms with Crippen LogP contribution < -0.4 is 0 Å². The Kier molecular flexibility index (Phi) is 4.17. The quantitative estimate of drug-likeness (QED) is 0.861. The zero-order valence-corrected chi connectivity index (χ0v) is 11.1. The molecule has 0 aromatic heterocycles. The fraction of sp³-hybridized carbons (Fsp3) is 0.455. The molecule has 0 unspecified atom stereocenters. The predicted octanol–water partition coefficient (Wildman–Crippen LogP) is 2.25. The molecule has 1 aromatic rings. The average Bonchev–Trinajstić information content (AvgIpc) is 2.28. The standard InChI is InChI=1S/C11H14ClFO3S/c1-3-17(15,16)11(2,12)10(14)8-4-6-9(13)7-5-8/h4-7,10,14H,3H2,1-2H3/t10-,11+/m0/s1. The predicted molar refractivity (Wildman–Crippen MR) is 65.1 cm³/mol. The van der Waals surface area contributed by atoms with E-state index in [9.17, 15) is 17.9 Å². The van der Waals surface area contributed by atoms with Crippen LogP contribution in [0, 0.1) is 5.82 Å². The van der Waals surface area contributed by atoms with Crippen molar-refractivity contribution < 1.29 is 17.9 Å². The zero-order chi connectivity index (χ0) is 13.3. The number of aliphatic hydroxyl groups is 1. The molecule has 0 heterocycles. The first-order valence-corrected chi connectivity index (χ1v) is 7.10. The Hall–Kier alpha value is -0.650. The molecule has 96 valence electrons. The number of rotatable bonds is 4. The van der Waals surface area contributed by atoms with Crippen LogP contribution in [0.2, 0.25) is 0 Å². The van der Waals surface area contributed by atoms with Gasteiger partial charge in [-0.05, 0) is 24.6 Å². The van der Waals surface area contributed by atoms with Gasteiger partial charge in [0.2, 0.25) is 0 Å². The van der Waals surface area contributed by atoms with E-state index in [1.54, 1.807) is 0 Å². The first-order valence-electron chi connectivity index (χ1n) is 5.07. The molecule has 0 bridgehead atoms. The number of aliphatic hydroxyl groups excluding tert-OH is 1. The largest absolute Gasteiger partial charge is 0.385 e. The second-order valence-electron chi connectivity index (χ2n) is 3.84. The smallest absolute Gasteiger partial charge is 0.172 e. The molecule has 2 atom stereocenters. The Balaban J connectivity index is 3.12. The molecule has 3 nitrogen and oxygen atoms in total. The van der Waals surface area contributed by atoms with E-state index < -0.39 is 26.0 Å². The molecule has 1 N–H and O–H groups in total. The van der Waals surface area contributed by atoms with Gasteiger partial charge in [0.1, 0.15) is 11.9 Å². The number of benzene rings is 1. The van der Waals surface area contributed by atoms with Crippen molar-refractivity contribution in [3.05, 3.63) is 35.6 Å². The van der Waals surface area contributed by atoms with Crippen LogP contribution in [-0.4, -0.2) is 23.5 Å². The Morgan fingerprint density at radius 2 is 1.88 bits per heavy atom. The summed E-state index contributed by atoms with van der Waals surface area (Å²) in [5.74, 6) is -0.638. The Morgan fingerprint density at radius 3 is 2.29 bits per heavy atom. The molecule has 0 aliphatic carbocycles. The van der Waals surface area contributed by atoms with Gasteiger partial charge in [-0.25, -0.2) is 12.8 Å². The number of sulfone groups is 1. The van der Waals surface area contributed by atoms with Crippen molar-refractivity contribution in [3.63, 3.8) is 0 Å². The molecule has 0 amide bonds. The average molecular weight is 281 g/mol. The Bertz CT molecular complexity index is 482. The third-order valence-corrected chi connectivity index (χ3v) is 5.77. The van der Waals surface area contributed by atoms with Crippen LogP contribution in [0.15, 0.2) is 24.3 Å². The minimum absolute atomic E-state index is 0.175. The van der Waals surface area contributed by atoms with Gasteiger partial charge in [-0.1, -0.05) is 30.7 Å². The SMILES string of the molecule is CCS(=O)(=O)[C@@](C)(Cl)[C@@H](O)c1ccc(F)cc1. The first-order chi connectivity index (χ1) is 7.72. The molecule has 0 aliphatic rings. The molecule has 1 aromatic carbocycles. The number of halogens is 2. The van der Waals surface area contributed by atoms with Crippen molar-refractivity contribution in [2.75, 3.05) is 5.75 Å². The number of alkyl halides is 1. The van der Waals surface area contributed by atoms with Gasteiger partial charge in [0.25, 0.3) is 0 Å². The lowest BCUT2D eigenvalue weighted by molar-refractivity contribution is 0.162. The highest BCUT2D eigenvalue weighted by Crippen LogP contribution is 2.37. The van der Waals surface area contributed by atoms with Gasteiger partial charge in [0.05, 0.1) is 0 Å². The third-order valence-electron chi connectivity index (χ3n) is 2.66. The van der Waals surface area contributed by atoms with E-state index >= 15 is 0 Å². The maximum Gasteiger partial charge on any atom is 0.172 e. The van der Waals surface area contributed by atoms with Crippen LogP contribution in [0.1, 0.15) is 25.5 Å². The minimum Gasteiger partial charge on any atom is -0.385 e. The van der Waals surface area contributed by atoms with Crippen molar-refractivity contribution >= 4 is 21.4 Å². The normalized spacial score (nSPS) is 17.5. The highest BCUT2D eigenvalue weighted by Gasteiger charge is 2.43. The van der Waals surface area contributed by atoms with Crippen LogP contribution in [0.3, 0.4) is 0 Å². The molecular formula is C11H14ClFO3S. The van der Waals surface area contributed by atoms with Crippen molar-refractivity contribution in [2.24, 2.45) is 0 Å². The summed E-state index contributed by atoms with van der Waals surface area (Å²) in [4.78, 5) is 0. The van der Waals surface area contributed by atoms with Crippen molar-refractivity contribution in [2.45, 2.75) is 24.2 Å². The lowest BCUT2D eigenvalue weighted by Crippen LogP contribution is -2.37. The monoisotopic (exact) mass is 280 g/mol. The molecule has 0 spiro atoms. The van der Waals surface area contributed by atoms with Gasteiger partial charge in [-0.2, -0.15) is 0 Å². The number of hydrogen-bond acceptors (Lipinski definition) is 3. The zero-order valence-electron chi connectivity index (χ0n) is 9.52. The summed E-state index contributed by atoms with van der Waals surface area (Å²) >= 11 is 5.92. The summed E-state index contributed by atoms with van der Waals surface area (Å²) < 4.78 is 34.4. The van der Waals surface area contributed by atoms with Crippen molar-refractivity contribution in [3.8, 4) is 0 Å². The highest BCUT2D eigenvalue weighted by atomic mass is 35.5. The van der Waals surface area contributed by atoms with E-state index in [-0.39, 0.29) is 11.3 Å². The van der Waals surface area contributed by atoms with Crippen molar-refractivity contribution in [1.29, 1.82) is 0 Å². The van der Waals surface area contributed by atoms with Gasteiger partial charge in [0.15, 0.2) is 14.0 Å². The maximum atomic E-state index is 12.7. The Morgan fingerprint density at radius 1 is 1.41 bits per heavy atom. The molecule has 0 fully saturated rings. The fourth-order valence-electron chi connectivity index (χ4n) is 1.40. The van der Waals surface area contributed by atoms with E-state index in [1.807, 2.05) is 0 Å². The summed E-state index contributed by atoms with van der Waals surface area (Å²) in [5, 5.41) is 9.97. The molecular weight excluding hydrogens is 267 g/mol. The van der Waals surface area contributed by atoms with Crippen LogP contribution in [0.25, 0.3) is 0 Å². The fourth-order valence-corrected chi connectivity index (χ4v) is 2.89. The molecule has 0 radical (unpaired) electrons. The molecule has 1 rings (SSSR count). The van der Waals surface area contributed by atoms with E-state index in [4.69, 9.17) is 11.6 Å². The van der Waals surface area contributed by atoms with Crippen LogP contribution in [0.4, 0.5) is 4.39 Å². The molecule has 0 saturated heterocycles. The van der Waals surface area contributed by atoms with Crippen LogP contribution in [-0.2, 0) is 9.84 Å². The summed E-state index contributed by atoms with van der Waals surface area (Å²) in [6.07, 6.45) is -1.41. The van der Waals surface area contributed by atoms with E-state index in [1.165, 1.54) is 26.0 Å². The van der Waals surface area contributed by atoms with E-state index in [0.717, 1.165) is 12.1 Å². The maximum absolute atomic E-state index is 12.7. The minimum atomic E-state index is -3.63.